The highest BCUT2D eigenvalue weighted by Crippen LogP contribution is 2.18. The Labute approximate surface area is 115 Å². The van der Waals surface area contributed by atoms with Gasteiger partial charge in [0.25, 0.3) is 0 Å². The van der Waals surface area contributed by atoms with Gasteiger partial charge in [-0.05, 0) is 23.5 Å². The summed E-state index contributed by atoms with van der Waals surface area (Å²) in [5.41, 5.74) is 2.03. The quantitative estimate of drug-likeness (QED) is 0.865. The van der Waals surface area contributed by atoms with E-state index in [0.29, 0.717) is 5.92 Å². The first-order valence-corrected chi connectivity index (χ1v) is 8.02. The predicted molar refractivity (Wildman–Crippen MR) is 76.4 cm³/mol. The molecule has 0 heterocycles. The monoisotopic (exact) mass is 283 g/mol. The van der Waals surface area contributed by atoms with Crippen molar-refractivity contribution in [3.05, 3.63) is 35.4 Å². The number of carbonyl (C=O) groups is 1. The van der Waals surface area contributed by atoms with Crippen molar-refractivity contribution in [3.8, 4) is 0 Å². The van der Waals surface area contributed by atoms with Crippen molar-refractivity contribution < 1.29 is 13.2 Å². The minimum absolute atomic E-state index is 0.376. The maximum Gasteiger partial charge on any atom is 0.216 e. The van der Waals surface area contributed by atoms with Gasteiger partial charge in [0.1, 0.15) is 5.75 Å². The summed E-state index contributed by atoms with van der Waals surface area (Å²) < 4.78 is 21.8. The lowest BCUT2D eigenvalue weighted by Crippen LogP contribution is -2.26. The Kier molecular flexibility index (Phi) is 5.26. The van der Waals surface area contributed by atoms with Crippen molar-refractivity contribution >= 4 is 15.8 Å². The standard InChI is InChI=1S/C14H21NO3S/c1-10(2)8-12-4-6-13(7-5-12)11(3)14(16)9-19(15,17)18/h4-7,10-11H,8-9H2,1-3H3,(H2,15,17,18)/t11-/m1/s1. The molecule has 0 aromatic heterocycles. The van der Waals surface area contributed by atoms with Crippen LogP contribution in [0, 0.1) is 5.92 Å². The Morgan fingerprint density at radius 3 is 2.11 bits per heavy atom. The molecular weight excluding hydrogens is 262 g/mol. The van der Waals surface area contributed by atoms with Crippen LogP contribution in [0.4, 0.5) is 0 Å². The molecule has 1 rings (SSSR count). The third-order valence-corrected chi connectivity index (χ3v) is 3.64. The molecule has 0 spiro atoms. The average molecular weight is 283 g/mol. The summed E-state index contributed by atoms with van der Waals surface area (Å²) in [7, 11) is -3.75. The molecule has 1 atom stereocenters. The van der Waals surface area contributed by atoms with E-state index in [9.17, 15) is 13.2 Å². The van der Waals surface area contributed by atoms with Gasteiger partial charge >= 0.3 is 0 Å². The Hall–Kier alpha value is -1.20. The maximum atomic E-state index is 11.8. The van der Waals surface area contributed by atoms with E-state index in [1.54, 1.807) is 6.92 Å². The Bertz CT molecular complexity index is 532. The lowest BCUT2D eigenvalue weighted by atomic mass is 9.94. The molecule has 5 heteroatoms. The molecule has 0 amide bonds. The van der Waals surface area contributed by atoms with E-state index in [1.165, 1.54) is 5.56 Å². The van der Waals surface area contributed by atoms with Crippen molar-refractivity contribution in [2.24, 2.45) is 11.1 Å². The van der Waals surface area contributed by atoms with E-state index in [0.717, 1.165) is 12.0 Å². The van der Waals surface area contributed by atoms with Gasteiger partial charge in [0.05, 0.1) is 0 Å². The molecule has 19 heavy (non-hydrogen) atoms. The van der Waals surface area contributed by atoms with Crippen LogP contribution in [0.3, 0.4) is 0 Å². The van der Waals surface area contributed by atoms with Crippen LogP contribution in [0.25, 0.3) is 0 Å². The van der Waals surface area contributed by atoms with Gasteiger partial charge in [0.2, 0.25) is 10.0 Å². The molecule has 0 radical (unpaired) electrons. The van der Waals surface area contributed by atoms with Crippen LogP contribution in [-0.4, -0.2) is 20.0 Å². The highest BCUT2D eigenvalue weighted by atomic mass is 32.2. The first kappa shape index (κ1) is 15.9. The fraction of sp³-hybridized carbons (Fsp3) is 0.500. The second kappa shape index (κ2) is 6.30. The number of hydrogen-bond acceptors (Lipinski definition) is 3. The number of primary sulfonamides is 1. The number of carbonyl (C=O) groups excluding carboxylic acids is 1. The summed E-state index contributed by atoms with van der Waals surface area (Å²) in [6, 6.07) is 7.72. The maximum absolute atomic E-state index is 11.8. The van der Waals surface area contributed by atoms with Crippen LogP contribution in [0.2, 0.25) is 0 Å². The zero-order chi connectivity index (χ0) is 14.6. The number of nitrogens with two attached hydrogens (primary N) is 1. The lowest BCUT2D eigenvalue weighted by molar-refractivity contribution is -0.117. The highest BCUT2D eigenvalue weighted by molar-refractivity contribution is 7.89. The van der Waals surface area contributed by atoms with Crippen molar-refractivity contribution in [1.82, 2.24) is 0 Å². The molecule has 1 aromatic rings. The van der Waals surface area contributed by atoms with Gasteiger partial charge in [-0.15, -0.1) is 0 Å². The predicted octanol–water partition coefficient (Wildman–Crippen LogP) is 1.85. The average Bonchev–Trinajstić information content (AvgIpc) is 2.26. The van der Waals surface area contributed by atoms with E-state index in [1.807, 2.05) is 24.3 Å². The minimum Gasteiger partial charge on any atom is -0.298 e. The molecule has 0 fully saturated rings. The van der Waals surface area contributed by atoms with Gasteiger partial charge < -0.3 is 0 Å². The molecule has 0 unspecified atom stereocenters. The van der Waals surface area contributed by atoms with Gasteiger partial charge in [-0.25, -0.2) is 13.6 Å². The number of Topliss-reactive ketones (excluding diaryl/α,β-unsaturated/α-hetero) is 1. The smallest absolute Gasteiger partial charge is 0.216 e. The largest absolute Gasteiger partial charge is 0.298 e. The van der Waals surface area contributed by atoms with Crippen molar-refractivity contribution in [2.75, 3.05) is 5.75 Å². The second-order valence-corrected chi connectivity index (χ2v) is 6.95. The molecule has 0 aliphatic rings. The fourth-order valence-electron chi connectivity index (χ4n) is 1.92. The topological polar surface area (TPSA) is 77.2 Å². The Morgan fingerprint density at radius 2 is 1.68 bits per heavy atom. The molecule has 106 valence electrons. The first-order valence-electron chi connectivity index (χ1n) is 6.31. The first-order chi connectivity index (χ1) is 8.69. The molecule has 0 bridgehead atoms. The normalized spacial score (nSPS) is 13.5. The van der Waals surface area contributed by atoms with E-state index in [2.05, 4.69) is 13.8 Å². The van der Waals surface area contributed by atoms with Gasteiger partial charge in [-0.1, -0.05) is 45.0 Å². The number of benzene rings is 1. The van der Waals surface area contributed by atoms with E-state index < -0.39 is 21.7 Å². The van der Waals surface area contributed by atoms with Gasteiger partial charge in [0.15, 0.2) is 5.78 Å². The summed E-state index contributed by atoms with van der Waals surface area (Å²) in [5.74, 6) is -0.861. The third-order valence-electron chi connectivity index (χ3n) is 2.95. The summed E-state index contributed by atoms with van der Waals surface area (Å²) in [6.45, 7) is 5.99. The SMILES string of the molecule is CC(C)Cc1ccc([C@@H](C)C(=O)CS(N)(=O)=O)cc1. The summed E-state index contributed by atoms with van der Waals surface area (Å²) in [6.07, 6.45) is 0.986. The Balaban J connectivity index is 2.77. The van der Waals surface area contributed by atoms with Crippen molar-refractivity contribution in [3.63, 3.8) is 0 Å². The van der Waals surface area contributed by atoms with Crippen LogP contribution in [0.15, 0.2) is 24.3 Å². The van der Waals surface area contributed by atoms with Crippen LogP contribution in [0.1, 0.15) is 37.8 Å². The van der Waals surface area contributed by atoms with E-state index in [-0.39, 0.29) is 5.78 Å². The molecule has 0 saturated carbocycles. The van der Waals surface area contributed by atoms with Crippen molar-refractivity contribution in [2.45, 2.75) is 33.1 Å². The van der Waals surface area contributed by atoms with Gasteiger partial charge in [-0.3, -0.25) is 4.79 Å². The lowest BCUT2D eigenvalue weighted by Gasteiger charge is -2.11. The molecular formula is C14H21NO3S. The molecule has 0 aliphatic carbocycles. The number of rotatable bonds is 6. The summed E-state index contributed by atoms with van der Waals surface area (Å²) in [4.78, 5) is 11.8. The Morgan fingerprint density at radius 1 is 1.16 bits per heavy atom. The highest BCUT2D eigenvalue weighted by Gasteiger charge is 2.19. The fourth-order valence-corrected chi connectivity index (χ4v) is 2.57. The van der Waals surface area contributed by atoms with Crippen LogP contribution < -0.4 is 5.14 Å². The van der Waals surface area contributed by atoms with Crippen LogP contribution in [0.5, 0.6) is 0 Å². The molecule has 0 aliphatic heterocycles. The van der Waals surface area contributed by atoms with Crippen molar-refractivity contribution in [1.29, 1.82) is 0 Å². The van der Waals surface area contributed by atoms with Crippen LogP contribution in [-0.2, 0) is 21.2 Å². The van der Waals surface area contributed by atoms with Gasteiger partial charge in [-0.2, -0.15) is 0 Å². The molecule has 0 saturated heterocycles. The summed E-state index contributed by atoms with van der Waals surface area (Å²) >= 11 is 0. The minimum atomic E-state index is -3.75. The number of sulfonamides is 1. The molecule has 1 aromatic carbocycles. The van der Waals surface area contributed by atoms with E-state index >= 15 is 0 Å². The molecule has 2 N–H and O–H groups in total. The molecule has 4 nitrogen and oxygen atoms in total. The summed E-state index contributed by atoms with van der Waals surface area (Å²) in [5, 5.41) is 4.88. The second-order valence-electron chi connectivity index (χ2n) is 5.33. The van der Waals surface area contributed by atoms with Gasteiger partial charge in [0, 0.05) is 5.92 Å². The third kappa shape index (κ3) is 5.53. The van der Waals surface area contributed by atoms with Crippen LogP contribution >= 0.6 is 0 Å². The zero-order valence-electron chi connectivity index (χ0n) is 11.6. The number of hydrogen-bond donors (Lipinski definition) is 1. The number of ketones is 1. The van der Waals surface area contributed by atoms with E-state index in [4.69, 9.17) is 5.14 Å². The zero-order valence-corrected chi connectivity index (χ0v) is 12.4.